The Morgan fingerprint density at radius 1 is 1.33 bits per heavy atom. The molecule has 0 radical (unpaired) electrons. The Hall–Kier alpha value is -1.88. The number of nitrogen functional groups attached to an aromatic ring is 1. The van der Waals surface area contributed by atoms with Crippen molar-refractivity contribution in [3.63, 3.8) is 0 Å². The van der Waals surface area contributed by atoms with Crippen LogP contribution in [0, 0.1) is 5.82 Å². The molecule has 3 rings (SSSR count). The topological polar surface area (TPSA) is 43.8 Å². The molecule has 0 aliphatic heterocycles. The summed E-state index contributed by atoms with van der Waals surface area (Å²) in [5, 5.41) is 0.750. The first-order valence-electron chi connectivity index (χ1n) is 7.19. The van der Waals surface area contributed by atoms with Gasteiger partial charge in [-0.05, 0) is 31.0 Å². The second-order valence-corrected chi connectivity index (χ2v) is 6.21. The van der Waals surface area contributed by atoms with E-state index in [0.29, 0.717) is 5.52 Å². The molecule has 0 saturated carbocycles. The number of benzene rings is 1. The highest BCUT2D eigenvalue weighted by atomic mass is 32.1. The lowest BCUT2D eigenvalue weighted by Gasteiger charge is -2.07. The summed E-state index contributed by atoms with van der Waals surface area (Å²) in [5.41, 5.74) is 8.31. The van der Waals surface area contributed by atoms with Gasteiger partial charge in [-0.1, -0.05) is 19.9 Å². The van der Waals surface area contributed by atoms with Gasteiger partial charge in [0.2, 0.25) is 0 Å². The molecule has 0 aliphatic rings. The van der Waals surface area contributed by atoms with E-state index in [1.54, 1.807) is 17.4 Å². The van der Waals surface area contributed by atoms with Crippen molar-refractivity contribution in [2.24, 2.45) is 0 Å². The number of nitrogens with two attached hydrogens (primary N) is 1. The zero-order chi connectivity index (χ0) is 15.0. The summed E-state index contributed by atoms with van der Waals surface area (Å²) in [7, 11) is 0. The van der Waals surface area contributed by atoms with E-state index in [9.17, 15) is 4.39 Å². The minimum atomic E-state index is -0.284. The highest BCUT2D eigenvalue weighted by Gasteiger charge is 2.18. The van der Waals surface area contributed by atoms with E-state index in [0.717, 1.165) is 41.3 Å². The zero-order valence-electron chi connectivity index (χ0n) is 12.2. The van der Waals surface area contributed by atoms with Crippen LogP contribution in [0.1, 0.15) is 25.1 Å². The van der Waals surface area contributed by atoms with Gasteiger partial charge in [0.1, 0.15) is 11.3 Å². The Kier molecular flexibility index (Phi) is 3.68. The first-order chi connectivity index (χ1) is 10.2. The van der Waals surface area contributed by atoms with Crippen LogP contribution < -0.4 is 5.73 Å². The number of fused-ring (bicyclic) bond motifs is 1. The predicted octanol–water partition coefficient (Wildman–Crippen LogP) is 4.46. The summed E-state index contributed by atoms with van der Waals surface area (Å²) in [6.45, 7) is 5.00. The lowest BCUT2D eigenvalue weighted by molar-refractivity contribution is 0.637. The van der Waals surface area contributed by atoms with Crippen molar-refractivity contribution in [2.45, 2.75) is 33.2 Å². The molecule has 5 heteroatoms. The number of aryl methyl sites for hydroxylation is 2. The number of para-hydroxylation sites is 1. The summed E-state index contributed by atoms with van der Waals surface area (Å²) in [6, 6.07) is 7.16. The molecule has 3 aromatic rings. The van der Waals surface area contributed by atoms with Crippen LogP contribution in [-0.2, 0) is 13.0 Å². The molecule has 0 bridgehead atoms. The highest BCUT2D eigenvalue weighted by Crippen LogP contribution is 2.36. The second kappa shape index (κ2) is 5.48. The van der Waals surface area contributed by atoms with E-state index in [1.165, 1.54) is 10.9 Å². The van der Waals surface area contributed by atoms with E-state index in [4.69, 9.17) is 5.73 Å². The van der Waals surface area contributed by atoms with E-state index >= 15 is 0 Å². The summed E-state index contributed by atoms with van der Waals surface area (Å²) in [5.74, 6) is 0.485. The van der Waals surface area contributed by atoms with Crippen molar-refractivity contribution in [3.8, 4) is 11.4 Å². The fourth-order valence-electron chi connectivity index (χ4n) is 2.58. The molecule has 0 aliphatic carbocycles. The van der Waals surface area contributed by atoms with Crippen molar-refractivity contribution >= 4 is 27.4 Å². The Morgan fingerprint density at radius 2 is 2.14 bits per heavy atom. The Labute approximate surface area is 127 Å². The first-order valence-corrected chi connectivity index (χ1v) is 8.00. The van der Waals surface area contributed by atoms with Gasteiger partial charge in [0, 0.05) is 11.4 Å². The predicted molar refractivity (Wildman–Crippen MR) is 87.1 cm³/mol. The van der Waals surface area contributed by atoms with Crippen LogP contribution in [0.3, 0.4) is 0 Å². The van der Waals surface area contributed by atoms with E-state index in [-0.39, 0.29) is 5.82 Å². The van der Waals surface area contributed by atoms with Crippen molar-refractivity contribution in [3.05, 3.63) is 35.0 Å². The number of hydrogen-bond donors (Lipinski definition) is 1. The molecular formula is C16H18FN3S. The molecule has 0 atom stereocenters. The average molecular weight is 303 g/mol. The third kappa shape index (κ3) is 2.31. The maximum Gasteiger partial charge on any atom is 0.151 e. The van der Waals surface area contributed by atoms with Crippen molar-refractivity contribution in [2.75, 3.05) is 5.73 Å². The molecule has 3 nitrogen and oxygen atoms in total. The van der Waals surface area contributed by atoms with E-state index in [2.05, 4.69) is 29.5 Å². The number of rotatable bonds is 4. The monoisotopic (exact) mass is 303 g/mol. The normalized spacial score (nSPS) is 11.4. The summed E-state index contributed by atoms with van der Waals surface area (Å²) in [4.78, 5) is 5.74. The van der Waals surface area contributed by atoms with E-state index < -0.39 is 0 Å². The Morgan fingerprint density at radius 3 is 2.81 bits per heavy atom. The fraction of sp³-hybridized carbons (Fsp3) is 0.312. The molecule has 2 heterocycles. The summed E-state index contributed by atoms with van der Waals surface area (Å²) < 4.78 is 16.1. The SMILES string of the molecule is CCCn1c(-c2cc(CC)sc2N)nc2c(F)cccc21. The number of hydrogen-bond acceptors (Lipinski definition) is 3. The quantitative estimate of drug-likeness (QED) is 0.773. The molecule has 2 N–H and O–H groups in total. The molecule has 21 heavy (non-hydrogen) atoms. The van der Waals surface area contributed by atoms with Gasteiger partial charge in [-0.15, -0.1) is 11.3 Å². The third-order valence-corrected chi connectivity index (χ3v) is 4.69. The van der Waals surface area contributed by atoms with Crippen LogP contribution in [-0.4, -0.2) is 9.55 Å². The maximum absolute atomic E-state index is 14.0. The molecule has 0 saturated heterocycles. The Bertz CT molecular complexity index is 788. The average Bonchev–Trinajstić information content (AvgIpc) is 3.01. The van der Waals surface area contributed by atoms with Crippen molar-refractivity contribution < 1.29 is 4.39 Å². The highest BCUT2D eigenvalue weighted by molar-refractivity contribution is 7.16. The van der Waals surface area contributed by atoms with Crippen LogP contribution in [0.4, 0.5) is 9.39 Å². The van der Waals surface area contributed by atoms with Gasteiger partial charge in [-0.25, -0.2) is 9.37 Å². The maximum atomic E-state index is 14.0. The number of imidazole rings is 1. The number of aromatic nitrogens is 2. The molecule has 0 spiro atoms. The van der Waals surface area contributed by atoms with Gasteiger partial charge >= 0.3 is 0 Å². The Balaban J connectivity index is 2.27. The van der Waals surface area contributed by atoms with E-state index in [1.807, 2.05) is 6.07 Å². The smallest absolute Gasteiger partial charge is 0.151 e. The van der Waals surface area contributed by atoms with Crippen LogP contribution >= 0.6 is 11.3 Å². The number of anilines is 1. The van der Waals surface area contributed by atoms with Gasteiger partial charge in [0.15, 0.2) is 5.82 Å². The minimum absolute atomic E-state index is 0.284. The van der Waals surface area contributed by atoms with Crippen LogP contribution in [0.5, 0.6) is 0 Å². The van der Waals surface area contributed by atoms with Gasteiger partial charge < -0.3 is 10.3 Å². The van der Waals surface area contributed by atoms with Crippen LogP contribution in [0.2, 0.25) is 0 Å². The molecule has 0 unspecified atom stereocenters. The molecule has 110 valence electrons. The van der Waals surface area contributed by atoms with Gasteiger partial charge in [-0.2, -0.15) is 0 Å². The van der Waals surface area contributed by atoms with Crippen LogP contribution in [0.25, 0.3) is 22.4 Å². The van der Waals surface area contributed by atoms with Gasteiger partial charge in [0.25, 0.3) is 0 Å². The van der Waals surface area contributed by atoms with Gasteiger partial charge in [0.05, 0.1) is 16.1 Å². The molecular weight excluding hydrogens is 285 g/mol. The minimum Gasteiger partial charge on any atom is -0.390 e. The largest absolute Gasteiger partial charge is 0.390 e. The molecule has 2 aromatic heterocycles. The molecule has 0 amide bonds. The second-order valence-electron chi connectivity index (χ2n) is 5.04. The fourth-order valence-corrected chi connectivity index (χ4v) is 3.44. The van der Waals surface area contributed by atoms with Crippen molar-refractivity contribution in [1.29, 1.82) is 0 Å². The summed E-state index contributed by atoms with van der Waals surface area (Å²) >= 11 is 1.58. The number of nitrogens with zero attached hydrogens (tertiary/aromatic N) is 2. The molecule has 1 aromatic carbocycles. The van der Waals surface area contributed by atoms with Crippen LogP contribution in [0.15, 0.2) is 24.3 Å². The summed E-state index contributed by atoms with van der Waals surface area (Å²) in [6.07, 6.45) is 1.90. The number of halogens is 1. The first kappa shape index (κ1) is 14.1. The number of thiophene rings is 1. The molecule has 0 fully saturated rings. The zero-order valence-corrected chi connectivity index (χ0v) is 13.0. The van der Waals surface area contributed by atoms with Gasteiger partial charge in [-0.3, -0.25) is 0 Å². The lowest BCUT2D eigenvalue weighted by Crippen LogP contribution is -2.00. The standard InChI is InChI=1S/C16H18FN3S/c1-3-8-20-13-7-5-6-12(17)14(13)19-16(20)11-9-10(4-2)21-15(11)18/h5-7,9H,3-4,8,18H2,1-2H3. The lowest BCUT2D eigenvalue weighted by atomic mass is 10.2. The van der Waals surface area contributed by atoms with Crippen molar-refractivity contribution in [1.82, 2.24) is 9.55 Å². The third-order valence-electron chi connectivity index (χ3n) is 3.58.